The minimum atomic E-state index is 0.463. The number of methoxy groups -OCH3 is 1. The number of fused-ring (bicyclic) bond motifs is 3. The van der Waals surface area contributed by atoms with Crippen LogP contribution in [0, 0.1) is 0 Å². The highest BCUT2D eigenvalue weighted by molar-refractivity contribution is 6.31. The van der Waals surface area contributed by atoms with Crippen LogP contribution in [0.15, 0.2) is 36.4 Å². The summed E-state index contributed by atoms with van der Waals surface area (Å²) in [4.78, 5) is 7.55. The predicted octanol–water partition coefficient (Wildman–Crippen LogP) is 5.48. The van der Waals surface area contributed by atoms with E-state index in [2.05, 4.69) is 22.3 Å². The van der Waals surface area contributed by atoms with Crippen molar-refractivity contribution in [1.82, 2.24) is 9.88 Å². The van der Waals surface area contributed by atoms with Gasteiger partial charge >= 0.3 is 0 Å². The molecule has 1 N–H and O–H groups in total. The number of nitrogens with one attached hydrogen (secondary N) is 1. The summed E-state index contributed by atoms with van der Waals surface area (Å²) in [6.07, 6.45) is 6.42. The third kappa shape index (κ3) is 3.19. The Bertz CT molecular complexity index is 1020. The van der Waals surface area contributed by atoms with Crippen molar-refractivity contribution < 1.29 is 4.74 Å². The fraction of sp³-hybridized carbons (Fsp3) is 0.435. The normalized spacial score (nSPS) is 22.9. The summed E-state index contributed by atoms with van der Waals surface area (Å²) < 4.78 is 5.50. The van der Waals surface area contributed by atoms with Gasteiger partial charge < -0.3 is 10.1 Å². The largest absolute Gasteiger partial charge is 0.497 e. The van der Waals surface area contributed by atoms with Crippen molar-refractivity contribution in [3.8, 4) is 5.75 Å². The molecule has 3 aromatic rings. The van der Waals surface area contributed by atoms with E-state index in [0.29, 0.717) is 12.1 Å². The highest BCUT2D eigenvalue weighted by Crippen LogP contribution is 2.37. The zero-order valence-corrected chi connectivity index (χ0v) is 17.0. The number of anilines is 1. The highest BCUT2D eigenvalue weighted by Gasteiger charge is 2.33. The lowest BCUT2D eigenvalue weighted by Crippen LogP contribution is -2.53. The lowest BCUT2D eigenvalue weighted by Gasteiger charge is -2.45. The molecule has 5 rings (SSSR count). The average Bonchev–Trinajstić information content (AvgIpc) is 2.73. The Morgan fingerprint density at radius 1 is 1.00 bits per heavy atom. The molecule has 146 valence electrons. The van der Waals surface area contributed by atoms with Gasteiger partial charge in [0.25, 0.3) is 0 Å². The van der Waals surface area contributed by atoms with Crippen LogP contribution >= 0.6 is 11.6 Å². The van der Waals surface area contributed by atoms with E-state index in [1.165, 1.54) is 45.2 Å². The van der Waals surface area contributed by atoms with Crippen molar-refractivity contribution in [3.05, 3.63) is 41.4 Å². The van der Waals surface area contributed by atoms with Crippen molar-refractivity contribution in [2.75, 3.05) is 25.5 Å². The van der Waals surface area contributed by atoms with E-state index in [-0.39, 0.29) is 0 Å². The van der Waals surface area contributed by atoms with Gasteiger partial charge in [-0.25, -0.2) is 4.98 Å². The van der Waals surface area contributed by atoms with Gasteiger partial charge in [-0.1, -0.05) is 18.0 Å². The van der Waals surface area contributed by atoms with Gasteiger partial charge in [-0.3, -0.25) is 4.90 Å². The summed E-state index contributed by atoms with van der Waals surface area (Å²) in [7, 11) is 1.71. The molecule has 0 spiro atoms. The standard InChI is InChI=1S/C23H26ClN3O/c1-28-16-8-10-19-18(14-16)23(17-9-7-15(24)13-21(17)25-19)26-20-5-4-12-27-11-3-2-6-22(20)27/h7-10,13-14,20,22H,2-6,11-12H2,1H3,(H,25,26)/t20-,22+/m0/s1. The quantitative estimate of drug-likeness (QED) is 0.596. The third-order valence-electron chi connectivity index (χ3n) is 6.36. The van der Waals surface area contributed by atoms with Crippen molar-refractivity contribution >= 4 is 39.1 Å². The molecule has 4 nitrogen and oxygen atoms in total. The van der Waals surface area contributed by atoms with Crippen LogP contribution in [0.25, 0.3) is 21.8 Å². The van der Waals surface area contributed by atoms with Crippen LogP contribution in [0.2, 0.25) is 5.02 Å². The van der Waals surface area contributed by atoms with Crippen LogP contribution in [-0.4, -0.2) is 42.2 Å². The SMILES string of the molecule is COc1ccc2nc3cc(Cl)ccc3c(N[C@H]3CCCN4CCCC[C@H]34)c2c1. The zero-order chi connectivity index (χ0) is 19.1. The number of halogens is 1. The second-order valence-electron chi connectivity index (χ2n) is 8.02. The Balaban J connectivity index is 1.64. The van der Waals surface area contributed by atoms with Gasteiger partial charge in [-0.2, -0.15) is 0 Å². The Morgan fingerprint density at radius 3 is 2.79 bits per heavy atom. The average molecular weight is 396 g/mol. The van der Waals surface area contributed by atoms with Gasteiger partial charge in [-0.15, -0.1) is 0 Å². The van der Waals surface area contributed by atoms with Crippen LogP contribution in [0.5, 0.6) is 5.75 Å². The molecule has 0 radical (unpaired) electrons. The molecule has 0 aliphatic carbocycles. The number of piperidine rings is 2. The Labute approximate surface area is 170 Å². The lowest BCUT2D eigenvalue weighted by molar-refractivity contribution is 0.0978. The molecule has 0 unspecified atom stereocenters. The second kappa shape index (κ2) is 7.41. The Hall–Kier alpha value is -2.04. The van der Waals surface area contributed by atoms with E-state index in [1.54, 1.807) is 7.11 Å². The molecule has 2 atom stereocenters. The monoisotopic (exact) mass is 395 g/mol. The number of hydrogen-bond acceptors (Lipinski definition) is 4. The van der Waals surface area contributed by atoms with Crippen LogP contribution in [-0.2, 0) is 0 Å². The minimum absolute atomic E-state index is 0.463. The summed E-state index contributed by atoms with van der Waals surface area (Å²) in [5, 5.41) is 6.91. The summed E-state index contributed by atoms with van der Waals surface area (Å²) >= 11 is 6.27. The fourth-order valence-corrected chi connectivity index (χ4v) is 5.16. The number of aromatic nitrogens is 1. The van der Waals surface area contributed by atoms with E-state index >= 15 is 0 Å². The molecule has 2 aromatic carbocycles. The van der Waals surface area contributed by atoms with E-state index in [0.717, 1.165) is 38.3 Å². The van der Waals surface area contributed by atoms with Crippen LogP contribution in [0.1, 0.15) is 32.1 Å². The summed E-state index contributed by atoms with van der Waals surface area (Å²) in [6.45, 7) is 2.48. The van der Waals surface area contributed by atoms with Crippen molar-refractivity contribution in [3.63, 3.8) is 0 Å². The first-order chi connectivity index (χ1) is 13.7. The van der Waals surface area contributed by atoms with Gasteiger partial charge in [0.1, 0.15) is 5.75 Å². The molecular weight excluding hydrogens is 370 g/mol. The van der Waals surface area contributed by atoms with Gasteiger partial charge in [0, 0.05) is 27.9 Å². The zero-order valence-electron chi connectivity index (χ0n) is 16.2. The smallest absolute Gasteiger partial charge is 0.119 e. The van der Waals surface area contributed by atoms with Crippen molar-refractivity contribution in [1.29, 1.82) is 0 Å². The van der Waals surface area contributed by atoms with Crippen molar-refractivity contribution in [2.45, 2.75) is 44.2 Å². The molecule has 2 saturated heterocycles. The van der Waals surface area contributed by atoms with E-state index in [9.17, 15) is 0 Å². The predicted molar refractivity (Wildman–Crippen MR) is 117 cm³/mol. The molecule has 0 saturated carbocycles. The molecule has 0 bridgehead atoms. The molecule has 28 heavy (non-hydrogen) atoms. The maximum atomic E-state index is 6.27. The number of ether oxygens (including phenoxy) is 1. The first kappa shape index (κ1) is 18.0. The van der Waals surface area contributed by atoms with E-state index in [1.807, 2.05) is 24.3 Å². The topological polar surface area (TPSA) is 37.4 Å². The highest BCUT2D eigenvalue weighted by atomic mass is 35.5. The summed E-state index contributed by atoms with van der Waals surface area (Å²) in [6, 6.07) is 13.2. The van der Waals surface area contributed by atoms with Gasteiger partial charge in [0.15, 0.2) is 0 Å². The maximum Gasteiger partial charge on any atom is 0.119 e. The summed E-state index contributed by atoms with van der Waals surface area (Å²) in [5.74, 6) is 0.855. The number of rotatable bonds is 3. The molecule has 0 amide bonds. The lowest BCUT2D eigenvalue weighted by atomic mass is 9.88. The Kier molecular flexibility index (Phi) is 4.77. The molecular formula is C23H26ClN3O. The molecule has 2 aliphatic rings. The second-order valence-corrected chi connectivity index (χ2v) is 8.46. The van der Waals surface area contributed by atoms with Gasteiger partial charge in [0.05, 0.1) is 23.8 Å². The van der Waals surface area contributed by atoms with Gasteiger partial charge in [0.2, 0.25) is 0 Å². The van der Waals surface area contributed by atoms with Crippen molar-refractivity contribution in [2.24, 2.45) is 0 Å². The van der Waals surface area contributed by atoms with Crippen LogP contribution in [0.4, 0.5) is 5.69 Å². The van der Waals surface area contributed by atoms with E-state index < -0.39 is 0 Å². The molecule has 5 heteroatoms. The van der Waals surface area contributed by atoms with Gasteiger partial charge in [-0.05, 0) is 75.2 Å². The van der Waals surface area contributed by atoms with E-state index in [4.69, 9.17) is 21.3 Å². The third-order valence-corrected chi connectivity index (χ3v) is 6.60. The molecule has 2 fully saturated rings. The molecule has 1 aromatic heterocycles. The first-order valence-electron chi connectivity index (χ1n) is 10.3. The number of benzene rings is 2. The fourth-order valence-electron chi connectivity index (χ4n) is 4.99. The van der Waals surface area contributed by atoms with Crippen LogP contribution in [0.3, 0.4) is 0 Å². The molecule has 3 heterocycles. The Morgan fingerprint density at radius 2 is 1.89 bits per heavy atom. The minimum Gasteiger partial charge on any atom is -0.497 e. The number of pyridine rings is 1. The maximum absolute atomic E-state index is 6.27. The number of nitrogens with zero attached hydrogens (tertiary/aromatic N) is 2. The first-order valence-corrected chi connectivity index (χ1v) is 10.7. The van der Waals surface area contributed by atoms with Crippen LogP contribution < -0.4 is 10.1 Å². The molecule has 2 aliphatic heterocycles. The summed E-state index contributed by atoms with van der Waals surface area (Å²) in [5.41, 5.74) is 3.06. The number of hydrogen-bond donors (Lipinski definition) is 1.